The lowest BCUT2D eigenvalue weighted by molar-refractivity contribution is 0.172. The van der Waals surface area contributed by atoms with E-state index >= 15 is 0 Å². The molecule has 1 N–H and O–H groups in total. The molecule has 0 aromatic carbocycles. The van der Waals surface area contributed by atoms with Crippen molar-refractivity contribution >= 4 is 11.6 Å². The van der Waals surface area contributed by atoms with Gasteiger partial charge in [-0.1, -0.05) is 17.7 Å². The zero-order valence-corrected chi connectivity index (χ0v) is 11.8. The predicted molar refractivity (Wildman–Crippen MR) is 75.8 cm³/mol. The van der Waals surface area contributed by atoms with Crippen molar-refractivity contribution in [3.8, 4) is 0 Å². The van der Waals surface area contributed by atoms with Crippen LogP contribution in [0.25, 0.3) is 0 Å². The monoisotopic (exact) mass is 267 g/mol. The van der Waals surface area contributed by atoms with Crippen LogP contribution in [0.5, 0.6) is 0 Å². The molecule has 18 heavy (non-hydrogen) atoms. The van der Waals surface area contributed by atoms with E-state index < -0.39 is 0 Å². The van der Waals surface area contributed by atoms with E-state index in [1.54, 1.807) is 6.20 Å². The van der Waals surface area contributed by atoms with Gasteiger partial charge in [-0.15, -0.1) is 0 Å². The number of likely N-dealkylation sites (tertiary alicyclic amines) is 1. The largest absolute Gasteiger partial charge is 0.320 e. The molecule has 0 unspecified atom stereocenters. The quantitative estimate of drug-likeness (QED) is 0.831. The minimum atomic E-state index is 0.648. The van der Waals surface area contributed by atoms with Crippen LogP contribution in [0, 0.1) is 5.92 Å². The molecule has 3 nitrogen and oxygen atoms in total. The van der Waals surface area contributed by atoms with Crippen LogP contribution in [0.4, 0.5) is 0 Å². The van der Waals surface area contributed by atoms with Crippen LogP contribution in [0.1, 0.15) is 24.8 Å². The van der Waals surface area contributed by atoms with E-state index in [1.807, 2.05) is 13.1 Å². The first-order valence-electron chi connectivity index (χ1n) is 6.76. The summed E-state index contributed by atoms with van der Waals surface area (Å²) < 4.78 is 0. The van der Waals surface area contributed by atoms with Crippen molar-refractivity contribution in [1.29, 1.82) is 0 Å². The zero-order chi connectivity index (χ0) is 12.8. The van der Waals surface area contributed by atoms with Gasteiger partial charge in [-0.2, -0.15) is 0 Å². The van der Waals surface area contributed by atoms with Crippen LogP contribution in [-0.2, 0) is 6.54 Å². The highest BCUT2D eigenvalue weighted by Gasteiger charge is 2.19. The van der Waals surface area contributed by atoms with E-state index in [9.17, 15) is 0 Å². The number of halogens is 1. The summed E-state index contributed by atoms with van der Waals surface area (Å²) in [4.78, 5) is 6.62. The predicted octanol–water partition coefficient (Wildman–Crippen LogP) is 2.56. The van der Waals surface area contributed by atoms with E-state index in [0.29, 0.717) is 5.15 Å². The summed E-state index contributed by atoms with van der Waals surface area (Å²) in [7, 11) is 2.03. The first kappa shape index (κ1) is 13.8. The third-order valence-electron chi connectivity index (χ3n) is 3.74. The third kappa shape index (κ3) is 3.94. The van der Waals surface area contributed by atoms with Crippen LogP contribution >= 0.6 is 11.6 Å². The standard InChI is InChI=1S/C14H22ClN3/c1-16-8-4-12-5-9-18(10-6-12)11-13-3-2-7-17-14(13)15/h2-3,7,12,16H,4-6,8-11H2,1H3. The fraction of sp³-hybridized carbons (Fsp3) is 0.643. The molecule has 0 radical (unpaired) electrons. The molecule has 0 bridgehead atoms. The number of aromatic nitrogens is 1. The summed E-state index contributed by atoms with van der Waals surface area (Å²) in [5, 5.41) is 3.88. The second kappa shape index (κ2) is 7.07. The Kier molecular flexibility index (Phi) is 5.42. The van der Waals surface area contributed by atoms with Gasteiger partial charge in [0.2, 0.25) is 0 Å². The van der Waals surface area contributed by atoms with Crippen molar-refractivity contribution < 1.29 is 0 Å². The number of rotatable bonds is 5. The van der Waals surface area contributed by atoms with Crippen molar-refractivity contribution in [3.05, 3.63) is 29.0 Å². The fourth-order valence-electron chi connectivity index (χ4n) is 2.56. The van der Waals surface area contributed by atoms with Crippen molar-refractivity contribution in [2.75, 3.05) is 26.7 Å². The Morgan fingerprint density at radius 2 is 2.22 bits per heavy atom. The van der Waals surface area contributed by atoms with Gasteiger partial charge in [0.15, 0.2) is 0 Å². The molecule has 2 heterocycles. The van der Waals surface area contributed by atoms with E-state index in [1.165, 1.54) is 32.4 Å². The molecule has 0 aliphatic carbocycles. The second-order valence-electron chi connectivity index (χ2n) is 5.07. The highest BCUT2D eigenvalue weighted by atomic mass is 35.5. The Balaban J connectivity index is 1.78. The van der Waals surface area contributed by atoms with Gasteiger partial charge in [0, 0.05) is 18.3 Å². The summed E-state index contributed by atoms with van der Waals surface area (Å²) in [6.45, 7) is 4.43. The molecule has 1 aliphatic heterocycles. The molecule has 1 aromatic rings. The number of piperidine rings is 1. The van der Waals surface area contributed by atoms with Crippen LogP contribution in [0.3, 0.4) is 0 Å². The first-order valence-corrected chi connectivity index (χ1v) is 7.13. The average molecular weight is 268 g/mol. The van der Waals surface area contributed by atoms with Crippen molar-refractivity contribution in [3.63, 3.8) is 0 Å². The zero-order valence-electron chi connectivity index (χ0n) is 11.0. The molecule has 100 valence electrons. The van der Waals surface area contributed by atoms with E-state index in [4.69, 9.17) is 11.6 Å². The lowest BCUT2D eigenvalue weighted by Crippen LogP contribution is -2.34. The first-order chi connectivity index (χ1) is 8.79. The number of nitrogens with zero attached hydrogens (tertiary/aromatic N) is 2. The Hall–Kier alpha value is -0.640. The van der Waals surface area contributed by atoms with Gasteiger partial charge in [0.1, 0.15) is 5.15 Å². The minimum absolute atomic E-state index is 0.648. The highest BCUT2D eigenvalue weighted by Crippen LogP contribution is 2.22. The maximum Gasteiger partial charge on any atom is 0.133 e. The maximum absolute atomic E-state index is 6.09. The van der Waals surface area contributed by atoms with Crippen LogP contribution in [-0.4, -0.2) is 36.6 Å². The summed E-state index contributed by atoms with van der Waals surface area (Å²) in [5.41, 5.74) is 1.15. The second-order valence-corrected chi connectivity index (χ2v) is 5.42. The van der Waals surface area contributed by atoms with Crippen molar-refractivity contribution in [1.82, 2.24) is 15.2 Å². The van der Waals surface area contributed by atoms with E-state index in [0.717, 1.165) is 24.6 Å². The topological polar surface area (TPSA) is 28.2 Å². The molecular formula is C14H22ClN3. The van der Waals surface area contributed by atoms with Gasteiger partial charge in [0.05, 0.1) is 0 Å². The van der Waals surface area contributed by atoms with Gasteiger partial charge in [-0.25, -0.2) is 4.98 Å². The maximum atomic E-state index is 6.09. The van der Waals surface area contributed by atoms with Crippen molar-refractivity contribution in [2.24, 2.45) is 5.92 Å². The molecule has 0 spiro atoms. The SMILES string of the molecule is CNCCC1CCN(Cc2cccnc2Cl)CC1. The molecule has 0 saturated carbocycles. The molecule has 0 atom stereocenters. The Bertz CT molecular complexity index is 362. The molecule has 1 aliphatic rings. The van der Waals surface area contributed by atoms with E-state index in [2.05, 4.69) is 21.3 Å². The molecule has 4 heteroatoms. The Labute approximate surface area is 115 Å². The molecule has 2 rings (SSSR count). The molecule has 1 saturated heterocycles. The highest BCUT2D eigenvalue weighted by molar-refractivity contribution is 6.30. The number of pyridine rings is 1. The lowest BCUT2D eigenvalue weighted by atomic mass is 9.93. The number of nitrogens with one attached hydrogen (secondary N) is 1. The minimum Gasteiger partial charge on any atom is -0.320 e. The Morgan fingerprint density at radius 3 is 2.89 bits per heavy atom. The number of hydrogen-bond donors (Lipinski definition) is 1. The van der Waals surface area contributed by atoms with Crippen LogP contribution < -0.4 is 5.32 Å². The van der Waals surface area contributed by atoms with Gasteiger partial charge in [0.25, 0.3) is 0 Å². The summed E-state index contributed by atoms with van der Waals surface area (Å²) >= 11 is 6.09. The van der Waals surface area contributed by atoms with Gasteiger partial charge >= 0.3 is 0 Å². The normalized spacial score (nSPS) is 18.1. The van der Waals surface area contributed by atoms with Gasteiger partial charge in [-0.3, -0.25) is 4.90 Å². The van der Waals surface area contributed by atoms with Crippen molar-refractivity contribution in [2.45, 2.75) is 25.8 Å². The molecule has 1 aromatic heterocycles. The van der Waals surface area contributed by atoms with Gasteiger partial charge in [-0.05, 0) is 57.9 Å². The summed E-state index contributed by atoms with van der Waals surface area (Å²) in [5.74, 6) is 0.887. The summed E-state index contributed by atoms with van der Waals surface area (Å²) in [6, 6.07) is 4.03. The smallest absolute Gasteiger partial charge is 0.133 e. The molecule has 0 amide bonds. The Morgan fingerprint density at radius 1 is 1.44 bits per heavy atom. The summed E-state index contributed by atoms with van der Waals surface area (Å²) in [6.07, 6.45) is 5.66. The van der Waals surface area contributed by atoms with E-state index in [-0.39, 0.29) is 0 Å². The molecular weight excluding hydrogens is 246 g/mol. The third-order valence-corrected chi connectivity index (χ3v) is 4.08. The van der Waals surface area contributed by atoms with Crippen LogP contribution in [0.15, 0.2) is 18.3 Å². The van der Waals surface area contributed by atoms with Gasteiger partial charge < -0.3 is 5.32 Å². The fourth-order valence-corrected chi connectivity index (χ4v) is 2.74. The van der Waals surface area contributed by atoms with Crippen LogP contribution in [0.2, 0.25) is 5.15 Å². The number of hydrogen-bond acceptors (Lipinski definition) is 3. The molecule has 1 fully saturated rings. The average Bonchev–Trinajstić information content (AvgIpc) is 2.41. The lowest BCUT2D eigenvalue weighted by Gasteiger charge is -2.32.